The van der Waals surface area contributed by atoms with Crippen molar-refractivity contribution in [2.45, 2.75) is 66.5 Å². The molecule has 0 saturated carbocycles. The zero-order valence-electron chi connectivity index (χ0n) is 14.6. The van der Waals surface area contributed by atoms with Gasteiger partial charge in [0.2, 0.25) is 5.91 Å². The minimum atomic E-state index is -0.313. The van der Waals surface area contributed by atoms with Crippen LogP contribution in [0.4, 0.5) is 0 Å². The van der Waals surface area contributed by atoms with Crippen molar-refractivity contribution in [1.29, 1.82) is 0 Å². The molecule has 1 heterocycles. The van der Waals surface area contributed by atoms with Crippen LogP contribution in [0.1, 0.15) is 54.4 Å². The quantitative estimate of drug-likeness (QED) is 0.818. The second-order valence-corrected chi connectivity index (χ2v) is 8.01. The maximum atomic E-state index is 12.3. The van der Waals surface area contributed by atoms with Crippen molar-refractivity contribution in [3.63, 3.8) is 0 Å². The molecule has 1 aliphatic rings. The van der Waals surface area contributed by atoms with Crippen LogP contribution in [-0.2, 0) is 4.79 Å². The van der Waals surface area contributed by atoms with E-state index in [-0.39, 0.29) is 35.3 Å². The molecule has 2 N–H and O–H groups in total. The van der Waals surface area contributed by atoms with Crippen molar-refractivity contribution in [3.05, 3.63) is 0 Å². The van der Waals surface area contributed by atoms with Crippen molar-refractivity contribution < 1.29 is 9.90 Å². The molecular weight excluding hydrogens is 264 g/mol. The van der Waals surface area contributed by atoms with E-state index in [1.165, 1.54) is 0 Å². The Morgan fingerprint density at radius 1 is 1.33 bits per heavy atom. The van der Waals surface area contributed by atoms with Gasteiger partial charge in [-0.05, 0) is 18.3 Å². The summed E-state index contributed by atoms with van der Waals surface area (Å²) in [5, 5.41) is 13.8. The van der Waals surface area contributed by atoms with Gasteiger partial charge >= 0.3 is 0 Å². The average Bonchev–Trinajstić information content (AvgIpc) is 2.42. The molecule has 1 aliphatic heterocycles. The van der Waals surface area contributed by atoms with Gasteiger partial charge in [0, 0.05) is 37.5 Å². The number of piperidine rings is 1. The highest BCUT2D eigenvalue weighted by Crippen LogP contribution is 2.24. The van der Waals surface area contributed by atoms with Crippen LogP contribution in [-0.4, -0.2) is 47.7 Å². The summed E-state index contributed by atoms with van der Waals surface area (Å²) in [6, 6.07) is 0.284. The van der Waals surface area contributed by atoms with E-state index < -0.39 is 0 Å². The molecule has 0 aromatic carbocycles. The molecule has 1 fully saturated rings. The zero-order chi connectivity index (χ0) is 16.2. The second-order valence-electron chi connectivity index (χ2n) is 8.01. The number of hydrogen-bond donors (Lipinski definition) is 2. The molecule has 1 saturated heterocycles. The number of carbonyl (C=O) groups is 1. The summed E-state index contributed by atoms with van der Waals surface area (Å²) >= 11 is 0. The van der Waals surface area contributed by atoms with Gasteiger partial charge in [0.25, 0.3) is 0 Å². The summed E-state index contributed by atoms with van der Waals surface area (Å²) < 4.78 is 0. The van der Waals surface area contributed by atoms with Crippen LogP contribution in [0.25, 0.3) is 0 Å². The van der Waals surface area contributed by atoms with Gasteiger partial charge in [-0.15, -0.1) is 0 Å². The molecule has 21 heavy (non-hydrogen) atoms. The highest BCUT2D eigenvalue weighted by molar-refractivity contribution is 5.78. The van der Waals surface area contributed by atoms with E-state index in [1.807, 2.05) is 25.7 Å². The topological polar surface area (TPSA) is 52.6 Å². The van der Waals surface area contributed by atoms with Gasteiger partial charge in [-0.3, -0.25) is 4.79 Å². The van der Waals surface area contributed by atoms with Crippen LogP contribution in [0, 0.1) is 17.3 Å². The number of aliphatic hydroxyl groups is 1. The van der Waals surface area contributed by atoms with Gasteiger partial charge in [-0.1, -0.05) is 41.5 Å². The van der Waals surface area contributed by atoms with E-state index in [0.29, 0.717) is 6.54 Å². The first-order chi connectivity index (χ1) is 9.64. The van der Waals surface area contributed by atoms with Crippen LogP contribution >= 0.6 is 0 Å². The lowest BCUT2D eigenvalue weighted by molar-refractivity contribution is -0.138. The molecule has 0 bridgehead atoms. The van der Waals surface area contributed by atoms with Crippen LogP contribution in [0.15, 0.2) is 0 Å². The Morgan fingerprint density at radius 2 is 1.95 bits per heavy atom. The third-order valence-electron chi connectivity index (χ3n) is 4.17. The minimum Gasteiger partial charge on any atom is -0.393 e. The van der Waals surface area contributed by atoms with Crippen molar-refractivity contribution in [1.82, 2.24) is 10.2 Å². The molecule has 0 aromatic heterocycles. The van der Waals surface area contributed by atoms with Crippen molar-refractivity contribution in [2.75, 3.05) is 19.6 Å². The summed E-state index contributed by atoms with van der Waals surface area (Å²) in [7, 11) is 0. The fourth-order valence-corrected chi connectivity index (χ4v) is 2.89. The molecule has 4 nitrogen and oxygen atoms in total. The van der Waals surface area contributed by atoms with E-state index in [4.69, 9.17) is 0 Å². The van der Waals surface area contributed by atoms with E-state index in [0.717, 1.165) is 25.9 Å². The number of carbonyl (C=O) groups excluding carboxylic acids is 1. The number of nitrogens with zero attached hydrogens (tertiary/aromatic N) is 1. The molecule has 0 aliphatic carbocycles. The SMILES string of the molecule is CCC(O)C1CC(NCC(C)(C)C)CN(C(=O)C(C)C)C1. The Morgan fingerprint density at radius 3 is 2.43 bits per heavy atom. The smallest absolute Gasteiger partial charge is 0.225 e. The molecule has 1 rings (SSSR count). The van der Waals surface area contributed by atoms with Crippen LogP contribution in [0.2, 0.25) is 0 Å². The summed E-state index contributed by atoms with van der Waals surface area (Å²) in [5.41, 5.74) is 0.225. The molecule has 3 unspecified atom stereocenters. The van der Waals surface area contributed by atoms with Gasteiger partial charge < -0.3 is 15.3 Å². The first kappa shape index (κ1) is 18.4. The van der Waals surface area contributed by atoms with E-state index in [1.54, 1.807) is 0 Å². The Hall–Kier alpha value is -0.610. The summed E-state index contributed by atoms with van der Waals surface area (Å²) in [5.74, 6) is 0.403. The molecule has 3 atom stereocenters. The van der Waals surface area contributed by atoms with E-state index in [2.05, 4.69) is 26.1 Å². The number of nitrogens with one attached hydrogen (secondary N) is 1. The molecular formula is C17H34N2O2. The number of hydrogen-bond acceptors (Lipinski definition) is 3. The fraction of sp³-hybridized carbons (Fsp3) is 0.941. The highest BCUT2D eigenvalue weighted by atomic mass is 16.3. The van der Waals surface area contributed by atoms with Gasteiger partial charge in [0.1, 0.15) is 0 Å². The second kappa shape index (κ2) is 7.59. The predicted octanol–water partition coefficient (Wildman–Crippen LogP) is 2.27. The van der Waals surface area contributed by atoms with Crippen LogP contribution in [0.3, 0.4) is 0 Å². The first-order valence-electron chi connectivity index (χ1n) is 8.34. The van der Waals surface area contributed by atoms with Crippen molar-refractivity contribution >= 4 is 5.91 Å². The molecule has 0 spiro atoms. The van der Waals surface area contributed by atoms with Gasteiger partial charge in [0.05, 0.1) is 6.10 Å². The number of rotatable bonds is 5. The summed E-state index contributed by atoms with van der Waals surface area (Å²) in [6.07, 6.45) is 1.39. The van der Waals surface area contributed by atoms with Gasteiger partial charge in [-0.2, -0.15) is 0 Å². The Balaban J connectivity index is 2.72. The first-order valence-corrected chi connectivity index (χ1v) is 8.34. The van der Waals surface area contributed by atoms with Crippen molar-refractivity contribution in [2.24, 2.45) is 17.3 Å². The van der Waals surface area contributed by atoms with E-state index >= 15 is 0 Å². The lowest BCUT2D eigenvalue weighted by Crippen LogP contribution is -2.55. The summed E-state index contributed by atoms with van der Waals surface area (Å²) in [4.78, 5) is 14.3. The van der Waals surface area contributed by atoms with Crippen LogP contribution < -0.4 is 5.32 Å². The lowest BCUT2D eigenvalue weighted by atomic mass is 9.87. The molecule has 0 radical (unpaired) electrons. The largest absolute Gasteiger partial charge is 0.393 e. The third kappa shape index (κ3) is 5.95. The fourth-order valence-electron chi connectivity index (χ4n) is 2.89. The molecule has 0 aromatic rings. The average molecular weight is 298 g/mol. The third-order valence-corrected chi connectivity index (χ3v) is 4.17. The summed E-state index contributed by atoms with van der Waals surface area (Å²) in [6.45, 7) is 14.9. The molecule has 4 heteroatoms. The molecule has 1 amide bonds. The Kier molecular flexibility index (Phi) is 6.67. The maximum absolute atomic E-state index is 12.3. The monoisotopic (exact) mass is 298 g/mol. The number of aliphatic hydroxyl groups excluding tert-OH is 1. The molecule has 124 valence electrons. The van der Waals surface area contributed by atoms with Gasteiger partial charge in [0.15, 0.2) is 0 Å². The zero-order valence-corrected chi connectivity index (χ0v) is 14.6. The Bertz CT molecular complexity index is 336. The minimum absolute atomic E-state index is 0.0192. The number of amides is 1. The number of likely N-dealkylation sites (tertiary alicyclic amines) is 1. The van der Waals surface area contributed by atoms with Gasteiger partial charge in [-0.25, -0.2) is 0 Å². The normalized spacial score (nSPS) is 25.2. The van der Waals surface area contributed by atoms with Crippen LogP contribution in [0.5, 0.6) is 0 Å². The van der Waals surface area contributed by atoms with Crippen molar-refractivity contribution in [3.8, 4) is 0 Å². The predicted molar refractivity (Wildman–Crippen MR) is 87.1 cm³/mol. The highest BCUT2D eigenvalue weighted by Gasteiger charge is 2.33. The maximum Gasteiger partial charge on any atom is 0.225 e. The lowest BCUT2D eigenvalue weighted by Gasteiger charge is -2.41. The Labute approximate surface area is 130 Å². The standard InChI is InChI=1S/C17H34N2O2/c1-7-15(20)13-8-14(18-11-17(4,5)6)10-19(9-13)16(21)12(2)3/h12-15,18,20H,7-11H2,1-6H3. The van der Waals surface area contributed by atoms with E-state index in [9.17, 15) is 9.90 Å².